The molecule has 0 fully saturated rings. The first-order valence-electron chi connectivity index (χ1n) is 11.0. The predicted octanol–water partition coefficient (Wildman–Crippen LogP) is 3.24. The molecule has 3 heterocycles. The third-order valence-corrected chi connectivity index (χ3v) is 5.84. The zero-order valence-corrected chi connectivity index (χ0v) is 19.5. The van der Waals surface area contributed by atoms with Crippen LogP contribution in [0.25, 0.3) is 10.9 Å². The highest BCUT2D eigenvalue weighted by molar-refractivity contribution is 5.92. The Hall–Kier alpha value is -4.41. The van der Waals surface area contributed by atoms with E-state index in [0.717, 1.165) is 30.5 Å². The van der Waals surface area contributed by atoms with Gasteiger partial charge in [-0.25, -0.2) is 9.97 Å². The van der Waals surface area contributed by atoms with Crippen molar-refractivity contribution >= 4 is 22.6 Å². The number of aryl methyl sites for hydroxylation is 1. The van der Waals surface area contributed by atoms with Crippen LogP contribution in [-0.2, 0) is 24.1 Å². The SMILES string of the molecule is COc1cc2ncnc(Oc3cnc(CC(=O)Nc4n[nH]c5c4CCC5)c(OC)c3)c2cc1OC. The van der Waals surface area contributed by atoms with E-state index >= 15 is 0 Å². The average molecular weight is 476 g/mol. The number of rotatable bonds is 8. The maximum Gasteiger partial charge on any atom is 0.231 e. The highest BCUT2D eigenvalue weighted by Crippen LogP contribution is 2.36. The molecule has 2 N–H and O–H groups in total. The molecule has 1 aliphatic carbocycles. The molecule has 0 aliphatic heterocycles. The molecule has 0 atom stereocenters. The molecule has 0 bridgehead atoms. The summed E-state index contributed by atoms with van der Waals surface area (Å²) < 4.78 is 22.2. The Morgan fingerprint density at radius 3 is 2.60 bits per heavy atom. The van der Waals surface area contributed by atoms with Crippen molar-refractivity contribution in [1.29, 1.82) is 0 Å². The summed E-state index contributed by atoms with van der Waals surface area (Å²) in [6.07, 6.45) is 5.87. The number of hydrogen-bond acceptors (Lipinski definition) is 9. The molecule has 4 aromatic rings. The van der Waals surface area contributed by atoms with Crippen LogP contribution >= 0.6 is 0 Å². The van der Waals surface area contributed by atoms with Crippen molar-refractivity contribution < 1.29 is 23.7 Å². The zero-order valence-electron chi connectivity index (χ0n) is 19.5. The summed E-state index contributed by atoms with van der Waals surface area (Å²) in [5.41, 5.74) is 3.27. The van der Waals surface area contributed by atoms with E-state index < -0.39 is 0 Å². The van der Waals surface area contributed by atoms with Crippen LogP contribution in [-0.4, -0.2) is 52.4 Å². The Kier molecular flexibility index (Phi) is 6.04. The Labute approximate surface area is 200 Å². The van der Waals surface area contributed by atoms with Gasteiger partial charge in [0, 0.05) is 23.4 Å². The van der Waals surface area contributed by atoms with Gasteiger partial charge in [-0.3, -0.25) is 14.9 Å². The van der Waals surface area contributed by atoms with E-state index in [9.17, 15) is 4.79 Å². The molecule has 35 heavy (non-hydrogen) atoms. The second-order valence-corrected chi connectivity index (χ2v) is 7.93. The summed E-state index contributed by atoms with van der Waals surface area (Å²) in [6.45, 7) is 0. The van der Waals surface area contributed by atoms with Crippen molar-refractivity contribution in [2.45, 2.75) is 25.7 Å². The molecule has 0 unspecified atom stereocenters. The fourth-order valence-electron chi connectivity index (χ4n) is 4.12. The summed E-state index contributed by atoms with van der Waals surface area (Å²) >= 11 is 0. The number of hydrogen-bond donors (Lipinski definition) is 2. The summed E-state index contributed by atoms with van der Waals surface area (Å²) in [5, 5.41) is 10.7. The van der Waals surface area contributed by atoms with E-state index in [-0.39, 0.29) is 12.3 Å². The highest BCUT2D eigenvalue weighted by atomic mass is 16.5. The first-order chi connectivity index (χ1) is 17.1. The van der Waals surface area contributed by atoms with Crippen LogP contribution in [0.3, 0.4) is 0 Å². The minimum absolute atomic E-state index is 0.0263. The van der Waals surface area contributed by atoms with Crippen LogP contribution in [0.5, 0.6) is 28.9 Å². The van der Waals surface area contributed by atoms with Gasteiger partial charge < -0.3 is 24.3 Å². The molecule has 3 aromatic heterocycles. The van der Waals surface area contributed by atoms with E-state index in [0.29, 0.717) is 51.3 Å². The Balaban J connectivity index is 1.35. The molecule has 0 saturated heterocycles. The van der Waals surface area contributed by atoms with Crippen LogP contribution in [0.4, 0.5) is 5.82 Å². The molecule has 1 amide bonds. The number of pyridine rings is 1. The van der Waals surface area contributed by atoms with E-state index in [1.807, 2.05) is 0 Å². The number of nitrogens with one attached hydrogen (secondary N) is 2. The van der Waals surface area contributed by atoms with Gasteiger partial charge in [-0.05, 0) is 25.3 Å². The summed E-state index contributed by atoms with van der Waals surface area (Å²) in [7, 11) is 4.63. The molecule has 11 heteroatoms. The van der Waals surface area contributed by atoms with Crippen molar-refractivity contribution in [3.05, 3.63) is 47.7 Å². The summed E-state index contributed by atoms with van der Waals surface area (Å²) in [5.74, 6) is 2.57. The largest absolute Gasteiger partial charge is 0.495 e. The van der Waals surface area contributed by atoms with E-state index in [2.05, 4.69) is 30.5 Å². The lowest BCUT2D eigenvalue weighted by atomic mass is 10.2. The van der Waals surface area contributed by atoms with Crippen molar-refractivity contribution in [1.82, 2.24) is 25.1 Å². The fraction of sp³-hybridized carbons (Fsp3) is 0.292. The number of aromatic nitrogens is 5. The monoisotopic (exact) mass is 476 g/mol. The number of anilines is 1. The lowest BCUT2D eigenvalue weighted by molar-refractivity contribution is -0.115. The maximum absolute atomic E-state index is 12.7. The molecule has 0 saturated carbocycles. The molecule has 1 aliphatic rings. The number of amides is 1. The van der Waals surface area contributed by atoms with Crippen LogP contribution in [0.15, 0.2) is 30.7 Å². The van der Waals surface area contributed by atoms with Gasteiger partial charge >= 0.3 is 0 Å². The molecule has 0 spiro atoms. The number of nitrogens with zero attached hydrogens (tertiary/aromatic N) is 4. The van der Waals surface area contributed by atoms with Gasteiger partial charge in [0.05, 0.1) is 50.5 Å². The Bertz CT molecular complexity index is 1400. The molecule has 1 aromatic carbocycles. The Morgan fingerprint density at radius 1 is 1.00 bits per heavy atom. The number of aromatic amines is 1. The smallest absolute Gasteiger partial charge is 0.231 e. The lowest BCUT2D eigenvalue weighted by Gasteiger charge is -2.13. The Morgan fingerprint density at radius 2 is 1.80 bits per heavy atom. The van der Waals surface area contributed by atoms with E-state index in [1.165, 1.54) is 19.6 Å². The molecule has 180 valence electrons. The maximum atomic E-state index is 12.7. The van der Waals surface area contributed by atoms with Gasteiger partial charge in [0.15, 0.2) is 23.1 Å². The van der Waals surface area contributed by atoms with Gasteiger partial charge in [-0.1, -0.05) is 0 Å². The summed E-state index contributed by atoms with van der Waals surface area (Å²) in [4.78, 5) is 25.6. The normalized spacial score (nSPS) is 12.3. The number of benzene rings is 1. The molecule has 11 nitrogen and oxygen atoms in total. The van der Waals surface area contributed by atoms with Crippen LogP contribution in [0.1, 0.15) is 23.4 Å². The van der Waals surface area contributed by atoms with Gasteiger partial charge in [-0.15, -0.1) is 0 Å². The first-order valence-corrected chi connectivity index (χ1v) is 11.0. The number of carbonyl (C=O) groups is 1. The second-order valence-electron chi connectivity index (χ2n) is 7.93. The second kappa shape index (κ2) is 9.45. The van der Waals surface area contributed by atoms with E-state index in [1.54, 1.807) is 32.4 Å². The quantitative estimate of drug-likeness (QED) is 0.393. The first kappa shape index (κ1) is 22.4. The average Bonchev–Trinajstić information content (AvgIpc) is 3.49. The summed E-state index contributed by atoms with van der Waals surface area (Å²) in [6, 6.07) is 5.16. The minimum atomic E-state index is -0.228. The molecule has 5 rings (SSSR count). The number of methoxy groups -OCH3 is 3. The van der Waals surface area contributed by atoms with Crippen LogP contribution in [0, 0.1) is 0 Å². The standard InChI is InChI=1S/C24H24N6O5/c1-32-19-7-13(35-24-15-8-20(33-2)21(34-3)9-17(15)26-12-27-24)11-25-18(19)10-22(31)28-23-14-5-4-6-16(14)29-30-23/h7-9,11-12H,4-6,10H2,1-3H3,(H2,28,29,30,31). The fourth-order valence-corrected chi connectivity index (χ4v) is 4.12. The number of H-pyrrole nitrogens is 1. The number of fused-ring (bicyclic) bond motifs is 2. The van der Waals surface area contributed by atoms with Gasteiger partial charge in [0.1, 0.15) is 12.1 Å². The number of carbonyl (C=O) groups excluding carboxylic acids is 1. The van der Waals surface area contributed by atoms with Crippen molar-refractivity contribution in [3.63, 3.8) is 0 Å². The van der Waals surface area contributed by atoms with Crippen molar-refractivity contribution in [2.24, 2.45) is 0 Å². The van der Waals surface area contributed by atoms with Crippen LogP contribution < -0.4 is 24.3 Å². The van der Waals surface area contributed by atoms with Gasteiger partial charge in [0.25, 0.3) is 0 Å². The zero-order chi connectivity index (χ0) is 24.4. The third-order valence-electron chi connectivity index (χ3n) is 5.84. The lowest BCUT2D eigenvalue weighted by Crippen LogP contribution is -2.17. The molecular weight excluding hydrogens is 452 g/mol. The predicted molar refractivity (Wildman–Crippen MR) is 126 cm³/mol. The minimum Gasteiger partial charge on any atom is -0.495 e. The highest BCUT2D eigenvalue weighted by Gasteiger charge is 2.21. The molecule has 0 radical (unpaired) electrons. The molecular formula is C24H24N6O5. The van der Waals surface area contributed by atoms with Gasteiger partial charge in [-0.2, -0.15) is 5.10 Å². The van der Waals surface area contributed by atoms with Gasteiger partial charge in [0.2, 0.25) is 11.8 Å². The van der Waals surface area contributed by atoms with Crippen LogP contribution in [0.2, 0.25) is 0 Å². The third kappa shape index (κ3) is 4.39. The van der Waals surface area contributed by atoms with Crippen molar-refractivity contribution in [2.75, 3.05) is 26.6 Å². The van der Waals surface area contributed by atoms with E-state index in [4.69, 9.17) is 18.9 Å². The number of ether oxygens (including phenoxy) is 4. The van der Waals surface area contributed by atoms with Crippen molar-refractivity contribution in [3.8, 4) is 28.9 Å². The topological polar surface area (TPSA) is 133 Å².